The van der Waals surface area contributed by atoms with Gasteiger partial charge in [0.1, 0.15) is 12.1 Å². The molecule has 1 saturated heterocycles. The average Bonchev–Trinajstić information content (AvgIpc) is 2.81. The van der Waals surface area contributed by atoms with E-state index in [2.05, 4.69) is 25.2 Å². The quantitative estimate of drug-likeness (QED) is 0.756. The molecule has 1 fully saturated rings. The molecule has 0 spiro atoms. The Labute approximate surface area is 109 Å². The van der Waals surface area contributed by atoms with E-state index in [0.717, 1.165) is 26.2 Å². The third-order valence-electron chi connectivity index (χ3n) is 3.07. The summed E-state index contributed by atoms with van der Waals surface area (Å²) in [6.45, 7) is 3.42. The van der Waals surface area contributed by atoms with Crippen LogP contribution in [0.25, 0.3) is 11.2 Å². The molecule has 0 radical (unpaired) electrons. The summed E-state index contributed by atoms with van der Waals surface area (Å²) in [5.74, 6) is -0.264. The van der Waals surface area contributed by atoms with Gasteiger partial charge in [-0.2, -0.15) is 4.98 Å². The number of carboxylic acids is 1. The van der Waals surface area contributed by atoms with Gasteiger partial charge in [0.25, 0.3) is 0 Å². The molecule has 3 rings (SSSR count). The number of nitrogens with one attached hydrogen (secondary N) is 1. The first-order valence-corrected chi connectivity index (χ1v) is 6.09. The Balaban J connectivity index is 1.91. The van der Waals surface area contributed by atoms with Crippen molar-refractivity contribution >= 4 is 23.1 Å². The van der Waals surface area contributed by atoms with Crippen molar-refractivity contribution in [2.45, 2.75) is 6.54 Å². The Hall–Kier alpha value is -2.22. The van der Waals surface area contributed by atoms with E-state index in [4.69, 9.17) is 5.11 Å². The van der Waals surface area contributed by atoms with Gasteiger partial charge < -0.3 is 19.9 Å². The molecule has 1 aliphatic heterocycles. The Morgan fingerprint density at radius 1 is 1.37 bits per heavy atom. The van der Waals surface area contributed by atoms with Crippen molar-refractivity contribution in [2.75, 3.05) is 31.1 Å². The lowest BCUT2D eigenvalue weighted by atomic mass is 10.4. The topological polar surface area (TPSA) is 96.2 Å². The first-order valence-electron chi connectivity index (χ1n) is 6.09. The number of imidazole rings is 1. The highest BCUT2D eigenvalue weighted by Gasteiger charge is 2.15. The summed E-state index contributed by atoms with van der Waals surface area (Å²) in [7, 11) is 0. The standard InChI is InChI=1S/C11H14N6O2/c18-9(19)6-17-7-14-10-8(17)5-13-11(15-10)16-3-1-12-2-4-16/h5,7,12H,1-4,6H2,(H,18,19). The second-order valence-electron chi connectivity index (χ2n) is 4.38. The molecule has 8 nitrogen and oxygen atoms in total. The summed E-state index contributed by atoms with van der Waals surface area (Å²) in [5.41, 5.74) is 1.17. The van der Waals surface area contributed by atoms with Crippen LogP contribution in [0, 0.1) is 0 Å². The molecule has 2 N–H and O–H groups in total. The third kappa shape index (κ3) is 2.34. The van der Waals surface area contributed by atoms with Crippen LogP contribution in [0.15, 0.2) is 12.5 Å². The second-order valence-corrected chi connectivity index (χ2v) is 4.38. The number of carboxylic acid groups (broad SMARTS) is 1. The zero-order valence-electron chi connectivity index (χ0n) is 10.3. The summed E-state index contributed by atoms with van der Waals surface area (Å²) < 4.78 is 1.53. The van der Waals surface area contributed by atoms with Gasteiger partial charge in [0, 0.05) is 26.2 Å². The zero-order chi connectivity index (χ0) is 13.2. The van der Waals surface area contributed by atoms with Gasteiger partial charge in [-0.1, -0.05) is 0 Å². The van der Waals surface area contributed by atoms with E-state index in [-0.39, 0.29) is 6.54 Å². The number of anilines is 1. The molecule has 2 aromatic rings. The van der Waals surface area contributed by atoms with Gasteiger partial charge in [-0.25, -0.2) is 9.97 Å². The Morgan fingerprint density at radius 2 is 2.16 bits per heavy atom. The molecule has 1 aliphatic rings. The fourth-order valence-corrected chi connectivity index (χ4v) is 2.13. The first-order chi connectivity index (χ1) is 9.24. The largest absolute Gasteiger partial charge is 0.480 e. The summed E-state index contributed by atoms with van der Waals surface area (Å²) in [6.07, 6.45) is 3.12. The molecule has 100 valence electrons. The maximum atomic E-state index is 10.7. The van der Waals surface area contributed by atoms with Crippen LogP contribution in [0.1, 0.15) is 0 Å². The molecule has 0 aromatic carbocycles. The van der Waals surface area contributed by atoms with E-state index in [0.29, 0.717) is 17.1 Å². The summed E-state index contributed by atoms with van der Waals surface area (Å²) in [6, 6.07) is 0. The van der Waals surface area contributed by atoms with Gasteiger partial charge in [0.05, 0.1) is 12.5 Å². The van der Waals surface area contributed by atoms with Crippen molar-refractivity contribution in [3.63, 3.8) is 0 Å². The molecule has 19 heavy (non-hydrogen) atoms. The maximum Gasteiger partial charge on any atom is 0.323 e. The van der Waals surface area contributed by atoms with Crippen LogP contribution in [0.2, 0.25) is 0 Å². The minimum atomic E-state index is -0.912. The SMILES string of the molecule is O=C(O)Cn1cnc2nc(N3CCNCC3)ncc21. The van der Waals surface area contributed by atoms with Crippen molar-refractivity contribution in [3.8, 4) is 0 Å². The Morgan fingerprint density at radius 3 is 2.89 bits per heavy atom. The summed E-state index contributed by atoms with van der Waals surface area (Å²) >= 11 is 0. The average molecular weight is 262 g/mol. The van der Waals surface area contributed by atoms with Gasteiger partial charge in [-0.15, -0.1) is 0 Å². The van der Waals surface area contributed by atoms with E-state index in [9.17, 15) is 4.79 Å². The van der Waals surface area contributed by atoms with Crippen molar-refractivity contribution < 1.29 is 9.90 Å². The van der Waals surface area contributed by atoms with Crippen LogP contribution >= 0.6 is 0 Å². The van der Waals surface area contributed by atoms with Crippen molar-refractivity contribution in [1.82, 2.24) is 24.8 Å². The van der Waals surface area contributed by atoms with Crippen molar-refractivity contribution in [1.29, 1.82) is 0 Å². The van der Waals surface area contributed by atoms with Crippen LogP contribution in [-0.2, 0) is 11.3 Å². The predicted molar refractivity (Wildman–Crippen MR) is 68.0 cm³/mol. The number of hydrogen-bond donors (Lipinski definition) is 2. The predicted octanol–water partition coefficient (Wildman–Crippen LogP) is -0.679. The van der Waals surface area contributed by atoms with Crippen LogP contribution in [0.3, 0.4) is 0 Å². The van der Waals surface area contributed by atoms with Crippen molar-refractivity contribution in [3.05, 3.63) is 12.5 Å². The van der Waals surface area contributed by atoms with Gasteiger partial charge in [-0.3, -0.25) is 4.79 Å². The summed E-state index contributed by atoms with van der Waals surface area (Å²) in [4.78, 5) is 25.6. The van der Waals surface area contributed by atoms with Gasteiger partial charge in [0.15, 0.2) is 5.65 Å². The zero-order valence-corrected chi connectivity index (χ0v) is 10.3. The highest BCUT2D eigenvalue weighted by atomic mass is 16.4. The van der Waals surface area contributed by atoms with E-state index in [1.54, 1.807) is 6.20 Å². The highest BCUT2D eigenvalue weighted by Crippen LogP contribution is 2.14. The van der Waals surface area contributed by atoms with E-state index in [1.165, 1.54) is 10.9 Å². The van der Waals surface area contributed by atoms with Gasteiger partial charge in [-0.05, 0) is 0 Å². The Bertz CT molecular complexity index is 604. The van der Waals surface area contributed by atoms with Gasteiger partial charge >= 0.3 is 5.97 Å². The number of nitrogens with zero attached hydrogens (tertiary/aromatic N) is 5. The first kappa shape index (κ1) is 11.8. The normalized spacial score (nSPS) is 15.9. The minimum Gasteiger partial charge on any atom is -0.480 e. The monoisotopic (exact) mass is 262 g/mol. The molecular formula is C11H14N6O2. The number of hydrogen-bond acceptors (Lipinski definition) is 6. The molecule has 0 aliphatic carbocycles. The van der Waals surface area contributed by atoms with Crippen LogP contribution in [0.4, 0.5) is 5.95 Å². The van der Waals surface area contributed by atoms with Crippen LogP contribution in [0.5, 0.6) is 0 Å². The molecule has 8 heteroatoms. The fourth-order valence-electron chi connectivity index (χ4n) is 2.13. The number of fused-ring (bicyclic) bond motifs is 1. The third-order valence-corrected chi connectivity index (χ3v) is 3.07. The second kappa shape index (κ2) is 4.81. The molecule has 0 amide bonds. The molecule has 3 heterocycles. The molecule has 2 aromatic heterocycles. The molecule has 0 atom stereocenters. The number of piperazine rings is 1. The van der Waals surface area contributed by atoms with Crippen LogP contribution in [-0.4, -0.2) is 56.8 Å². The van der Waals surface area contributed by atoms with E-state index < -0.39 is 5.97 Å². The fraction of sp³-hybridized carbons (Fsp3) is 0.455. The number of rotatable bonds is 3. The number of aliphatic carboxylic acids is 1. The van der Waals surface area contributed by atoms with Crippen LogP contribution < -0.4 is 10.2 Å². The number of carbonyl (C=O) groups is 1. The molecular weight excluding hydrogens is 248 g/mol. The van der Waals surface area contributed by atoms with E-state index >= 15 is 0 Å². The Kier molecular flexibility index (Phi) is 3.00. The lowest BCUT2D eigenvalue weighted by Crippen LogP contribution is -2.44. The highest BCUT2D eigenvalue weighted by molar-refractivity contribution is 5.74. The number of aromatic nitrogens is 4. The lowest BCUT2D eigenvalue weighted by molar-refractivity contribution is -0.137. The van der Waals surface area contributed by atoms with E-state index in [1.807, 2.05) is 0 Å². The van der Waals surface area contributed by atoms with Crippen molar-refractivity contribution in [2.24, 2.45) is 0 Å². The molecule has 0 unspecified atom stereocenters. The minimum absolute atomic E-state index is 0.132. The molecule has 0 saturated carbocycles. The smallest absolute Gasteiger partial charge is 0.323 e. The van der Waals surface area contributed by atoms with Gasteiger partial charge in [0.2, 0.25) is 5.95 Å². The summed E-state index contributed by atoms with van der Waals surface area (Å²) in [5, 5.41) is 12.1. The molecule has 0 bridgehead atoms. The lowest BCUT2D eigenvalue weighted by Gasteiger charge is -2.27. The maximum absolute atomic E-state index is 10.7.